The Hall–Kier alpha value is -2.35. The second-order valence-corrected chi connectivity index (χ2v) is 7.00. The molecule has 2 aromatic rings. The molecule has 0 spiro atoms. The summed E-state index contributed by atoms with van der Waals surface area (Å²) in [7, 11) is 7.59. The number of rotatable bonds is 7. The Labute approximate surface area is 181 Å². The van der Waals surface area contributed by atoms with Gasteiger partial charge in [0.15, 0.2) is 0 Å². The summed E-state index contributed by atoms with van der Waals surface area (Å²) in [6.45, 7) is 8.46. The molecule has 0 bridgehead atoms. The van der Waals surface area contributed by atoms with Crippen molar-refractivity contribution in [2.75, 3.05) is 52.8 Å². The molecule has 3 rings (SSSR count). The van der Waals surface area contributed by atoms with Crippen molar-refractivity contribution in [1.82, 2.24) is 20.4 Å². The van der Waals surface area contributed by atoms with Gasteiger partial charge in [-0.3, -0.25) is 4.68 Å². The van der Waals surface area contributed by atoms with Crippen LogP contribution >= 0.6 is 0 Å². The van der Waals surface area contributed by atoms with E-state index in [2.05, 4.69) is 39.8 Å². The lowest BCUT2D eigenvalue weighted by atomic mass is 10.1. The Morgan fingerprint density at radius 3 is 2.43 bits per heavy atom. The van der Waals surface area contributed by atoms with Gasteiger partial charge >= 0.3 is 0 Å². The van der Waals surface area contributed by atoms with Crippen molar-refractivity contribution in [3.05, 3.63) is 43.2 Å². The third-order valence-electron chi connectivity index (χ3n) is 4.26. The Bertz CT molecular complexity index is 711. The first-order chi connectivity index (χ1) is 14.6. The van der Waals surface area contributed by atoms with Crippen LogP contribution < -0.4 is 20.7 Å². The van der Waals surface area contributed by atoms with Crippen LogP contribution in [0.1, 0.15) is 19.8 Å². The topological polar surface area (TPSA) is 72.4 Å². The predicted molar refractivity (Wildman–Crippen MR) is 126 cm³/mol. The summed E-state index contributed by atoms with van der Waals surface area (Å²) in [5.41, 5.74) is 3.21. The van der Waals surface area contributed by atoms with E-state index in [-0.39, 0.29) is 0 Å². The van der Waals surface area contributed by atoms with Crippen LogP contribution in [0.25, 0.3) is 11.1 Å². The largest absolute Gasteiger partial charge is 0.492 e. The van der Waals surface area contributed by atoms with E-state index in [1.54, 1.807) is 10.8 Å². The number of hydrogen-bond donors (Lipinski definition) is 3. The molecule has 0 radical (unpaired) electrons. The molecule has 1 saturated heterocycles. The zero-order chi connectivity index (χ0) is 22.2. The molecule has 1 fully saturated rings. The molecule has 2 heterocycles. The molecular weight excluding hydrogens is 378 g/mol. The van der Waals surface area contributed by atoms with Gasteiger partial charge in [-0.15, -0.1) is 6.58 Å². The zero-order valence-corrected chi connectivity index (χ0v) is 19.2. The van der Waals surface area contributed by atoms with Gasteiger partial charge in [-0.1, -0.05) is 6.08 Å². The maximum absolute atomic E-state index is 5.95. The van der Waals surface area contributed by atoms with Crippen LogP contribution in [0.2, 0.25) is 0 Å². The number of allylic oxidation sites excluding steroid dienone is 1. The SMILES string of the molecule is C=CC.CNC.CNc1cc(OCCNC2CCOCC2)cc(-c2cnn(C)c2)c1. The highest BCUT2D eigenvalue weighted by Crippen LogP contribution is 2.28. The fourth-order valence-electron chi connectivity index (χ4n) is 2.90. The Morgan fingerprint density at radius 1 is 1.20 bits per heavy atom. The van der Waals surface area contributed by atoms with Crippen molar-refractivity contribution in [3.63, 3.8) is 0 Å². The van der Waals surface area contributed by atoms with Gasteiger partial charge in [0.1, 0.15) is 12.4 Å². The molecule has 30 heavy (non-hydrogen) atoms. The molecule has 0 amide bonds. The van der Waals surface area contributed by atoms with Gasteiger partial charge in [-0.25, -0.2) is 0 Å². The third kappa shape index (κ3) is 9.91. The fraction of sp³-hybridized carbons (Fsp3) is 0.522. The summed E-state index contributed by atoms with van der Waals surface area (Å²) in [5.74, 6) is 0.870. The van der Waals surface area contributed by atoms with Gasteiger partial charge in [0.25, 0.3) is 0 Å². The zero-order valence-electron chi connectivity index (χ0n) is 19.2. The average molecular weight is 418 g/mol. The molecule has 0 saturated carbocycles. The summed E-state index contributed by atoms with van der Waals surface area (Å²) in [6, 6.07) is 6.74. The molecule has 0 unspecified atom stereocenters. The highest BCUT2D eigenvalue weighted by molar-refractivity contribution is 5.69. The number of hydrogen-bond acceptors (Lipinski definition) is 6. The van der Waals surface area contributed by atoms with E-state index in [4.69, 9.17) is 9.47 Å². The minimum Gasteiger partial charge on any atom is -0.492 e. The quantitative estimate of drug-likeness (QED) is 0.474. The Kier molecular flexibility index (Phi) is 13.3. The second kappa shape index (κ2) is 15.5. The van der Waals surface area contributed by atoms with Crippen LogP contribution in [0.4, 0.5) is 5.69 Å². The van der Waals surface area contributed by atoms with E-state index in [0.29, 0.717) is 12.6 Å². The van der Waals surface area contributed by atoms with Gasteiger partial charge in [-0.2, -0.15) is 5.10 Å². The van der Waals surface area contributed by atoms with Crippen molar-refractivity contribution in [3.8, 4) is 16.9 Å². The summed E-state index contributed by atoms with van der Waals surface area (Å²) in [4.78, 5) is 0. The van der Waals surface area contributed by atoms with E-state index in [9.17, 15) is 0 Å². The van der Waals surface area contributed by atoms with Gasteiger partial charge in [-0.05, 0) is 51.6 Å². The van der Waals surface area contributed by atoms with Crippen LogP contribution in [-0.4, -0.2) is 63.3 Å². The number of nitrogens with one attached hydrogen (secondary N) is 3. The van der Waals surface area contributed by atoms with E-state index >= 15 is 0 Å². The summed E-state index contributed by atoms with van der Waals surface area (Å²) < 4.78 is 13.1. The van der Waals surface area contributed by atoms with E-state index in [0.717, 1.165) is 55.2 Å². The van der Waals surface area contributed by atoms with Crippen molar-refractivity contribution in [2.45, 2.75) is 25.8 Å². The lowest BCUT2D eigenvalue weighted by Gasteiger charge is -2.23. The number of aromatic nitrogens is 2. The van der Waals surface area contributed by atoms with E-state index in [1.165, 1.54) is 0 Å². The first-order valence-electron chi connectivity index (χ1n) is 10.5. The highest BCUT2D eigenvalue weighted by atomic mass is 16.5. The first-order valence-corrected chi connectivity index (χ1v) is 10.5. The molecular formula is C23H39N5O2. The van der Waals surface area contributed by atoms with Crippen LogP contribution in [0.3, 0.4) is 0 Å². The highest BCUT2D eigenvalue weighted by Gasteiger charge is 2.12. The number of anilines is 1. The monoisotopic (exact) mass is 417 g/mol. The van der Waals surface area contributed by atoms with Crippen molar-refractivity contribution in [1.29, 1.82) is 0 Å². The molecule has 3 N–H and O–H groups in total. The molecule has 168 valence electrons. The molecule has 0 atom stereocenters. The van der Waals surface area contributed by atoms with Crippen molar-refractivity contribution >= 4 is 5.69 Å². The molecule has 1 aromatic heterocycles. The number of ether oxygens (including phenoxy) is 2. The normalized spacial score (nSPS) is 13.4. The summed E-state index contributed by atoms with van der Waals surface area (Å²) in [6.07, 6.45) is 7.79. The van der Waals surface area contributed by atoms with Gasteiger partial charge in [0.2, 0.25) is 0 Å². The minimum absolute atomic E-state index is 0.553. The number of nitrogens with zero attached hydrogens (tertiary/aromatic N) is 2. The molecule has 7 heteroatoms. The maximum Gasteiger partial charge on any atom is 0.122 e. The summed E-state index contributed by atoms with van der Waals surface area (Å²) >= 11 is 0. The fourth-order valence-corrected chi connectivity index (χ4v) is 2.90. The molecule has 1 aromatic carbocycles. The van der Waals surface area contributed by atoms with Crippen molar-refractivity contribution < 1.29 is 9.47 Å². The van der Waals surface area contributed by atoms with Gasteiger partial charge in [0.05, 0.1) is 6.20 Å². The number of benzene rings is 1. The molecule has 7 nitrogen and oxygen atoms in total. The Balaban J connectivity index is 0.000000672. The minimum atomic E-state index is 0.553. The van der Waals surface area contributed by atoms with E-state index in [1.807, 2.05) is 53.6 Å². The van der Waals surface area contributed by atoms with Crippen LogP contribution in [0.5, 0.6) is 5.75 Å². The maximum atomic E-state index is 5.95. The smallest absolute Gasteiger partial charge is 0.122 e. The van der Waals surface area contributed by atoms with Crippen molar-refractivity contribution in [2.24, 2.45) is 7.05 Å². The van der Waals surface area contributed by atoms with E-state index < -0.39 is 0 Å². The van der Waals surface area contributed by atoms with Crippen LogP contribution in [0, 0.1) is 0 Å². The first kappa shape index (κ1) is 25.7. The van der Waals surface area contributed by atoms with Crippen LogP contribution in [0.15, 0.2) is 43.2 Å². The molecule has 1 aliphatic heterocycles. The summed E-state index contributed by atoms with van der Waals surface area (Å²) in [5, 5.41) is 13.7. The van der Waals surface area contributed by atoms with Crippen LogP contribution in [-0.2, 0) is 11.8 Å². The molecule has 0 aliphatic carbocycles. The number of aryl methyl sites for hydroxylation is 1. The Morgan fingerprint density at radius 2 is 1.87 bits per heavy atom. The predicted octanol–water partition coefficient (Wildman–Crippen LogP) is 3.30. The molecule has 1 aliphatic rings. The lowest BCUT2D eigenvalue weighted by molar-refractivity contribution is 0.0770. The third-order valence-corrected chi connectivity index (χ3v) is 4.26. The standard InChI is InChI=1S/C18H26N4O2.C3H6.C2H7N/c1-19-17-9-14(15-12-21-22(2)13-15)10-18(11-17)24-8-5-20-16-3-6-23-7-4-16;2*1-3-2/h9-13,16,19-20H,3-8H2,1-2H3;3H,1H2,2H3;3H,1-2H3. The van der Waals surface area contributed by atoms with Gasteiger partial charge in [0, 0.05) is 63.4 Å². The average Bonchev–Trinajstić information content (AvgIpc) is 3.19. The lowest BCUT2D eigenvalue weighted by Crippen LogP contribution is -2.37. The van der Waals surface area contributed by atoms with Gasteiger partial charge < -0.3 is 25.4 Å². The second-order valence-electron chi connectivity index (χ2n) is 7.00.